The normalized spacial score (nSPS) is 16.4. The lowest BCUT2D eigenvalue weighted by Crippen LogP contribution is -2.37. The van der Waals surface area contributed by atoms with Gasteiger partial charge in [0.2, 0.25) is 5.91 Å². The number of imidazole rings is 1. The zero-order valence-electron chi connectivity index (χ0n) is 18.4. The smallest absolute Gasteiger partial charge is 0.219 e. The second-order valence-electron chi connectivity index (χ2n) is 8.38. The number of carbonyl (C=O) groups excluding carboxylic acids is 1. The van der Waals surface area contributed by atoms with Crippen molar-refractivity contribution in [2.75, 3.05) is 32.0 Å². The van der Waals surface area contributed by atoms with Crippen molar-refractivity contribution in [1.82, 2.24) is 19.4 Å². The van der Waals surface area contributed by atoms with Gasteiger partial charge in [-0.25, -0.2) is 9.97 Å². The van der Waals surface area contributed by atoms with Crippen molar-refractivity contribution in [3.8, 4) is 11.5 Å². The van der Waals surface area contributed by atoms with E-state index in [1.807, 2.05) is 17.0 Å². The Morgan fingerprint density at radius 3 is 2.70 bits per heavy atom. The third-order valence-corrected chi connectivity index (χ3v) is 7.76. The van der Waals surface area contributed by atoms with Crippen molar-refractivity contribution in [1.29, 1.82) is 0 Å². The van der Waals surface area contributed by atoms with E-state index in [0.717, 1.165) is 54.5 Å². The summed E-state index contributed by atoms with van der Waals surface area (Å²) in [5.74, 6) is 2.49. The Labute approximate surface area is 201 Å². The second-order valence-corrected chi connectivity index (χ2v) is 9.79. The molecule has 174 valence electrons. The number of anilines is 1. The Hall–Kier alpha value is -2.65. The van der Waals surface area contributed by atoms with E-state index in [0.29, 0.717) is 47.0 Å². The lowest BCUT2D eigenvalue weighted by molar-refractivity contribution is -0.130. The average molecular weight is 488 g/mol. The molecule has 4 heterocycles. The first-order chi connectivity index (χ1) is 16.0. The van der Waals surface area contributed by atoms with Crippen LogP contribution in [0, 0.1) is 5.92 Å². The van der Waals surface area contributed by atoms with Gasteiger partial charge in [0.25, 0.3) is 0 Å². The van der Waals surface area contributed by atoms with Crippen molar-refractivity contribution < 1.29 is 14.3 Å². The van der Waals surface area contributed by atoms with Crippen LogP contribution in [-0.4, -0.2) is 51.6 Å². The Morgan fingerprint density at radius 1 is 1.24 bits per heavy atom. The van der Waals surface area contributed by atoms with E-state index in [4.69, 9.17) is 31.8 Å². The number of halogens is 1. The molecule has 1 amide bonds. The Bertz CT molecular complexity index is 1190. The average Bonchev–Trinajstić information content (AvgIpc) is 3.17. The first kappa shape index (κ1) is 22.2. The Morgan fingerprint density at radius 2 is 1.97 bits per heavy atom. The molecule has 0 aliphatic carbocycles. The number of nitrogens with two attached hydrogens (primary N) is 1. The minimum atomic E-state index is 0.159. The Balaban J connectivity index is 1.40. The molecule has 0 unspecified atom stereocenters. The number of nitrogens with zero attached hydrogens (tertiary/aromatic N) is 4. The van der Waals surface area contributed by atoms with Gasteiger partial charge in [-0.2, -0.15) is 0 Å². The van der Waals surface area contributed by atoms with E-state index < -0.39 is 0 Å². The lowest BCUT2D eigenvalue weighted by Gasteiger charge is -2.31. The largest absolute Gasteiger partial charge is 0.486 e. The van der Waals surface area contributed by atoms with E-state index in [1.165, 1.54) is 11.8 Å². The molecule has 10 heteroatoms. The number of likely N-dealkylation sites (tertiary alicyclic amines) is 1. The van der Waals surface area contributed by atoms with Crippen LogP contribution in [0.25, 0.3) is 11.0 Å². The number of ether oxygens (including phenoxy) is 2. The molecule has 8 nitrogen and oxygen atoms in total. The molecule has 1 saturated heterocycles. The summed E-state index contributed by atoms with van der Waals surface area (Å²) in [4.78, 5) is 23.4. The molecule has 2 aliphatic rings. The number of piperidine rings is 1. The number of fused-ring (bicyclic) bond motifs is 2. The number of amides is 1. The van der Waals surface area contributed by atoms with Crippen LogP contribution in [-0.2, 0) is 11.3 Å². The fourth-order valence-corrected chi connectivity index (χ4v) is 5.64. The number of pyridine rings is 1. The summed E-state index contributed by atoms with van der Waals surface area (Å²) in [6.07, 6.45) is 4.76. The molecular formula is C23H26ClN5O3S. The van der Waals surface area contributed by atoms with E-state index in [-0.39, 0.29) is 5.91 Å². The summed E-state index contributed by atoms with van der Waals surface area (Å²) < 4.78 is 13.6. The third kappa shape index (κ3) is 4.56. The van der Waals surface area contributed by atoms with E-state index >= 15 is 0 Å². The van der Waals surface area contributed by atoms with E-state index in [9.17, 15) is 4.79 Å². The fourth-order valence-electron chi connectivity index (χ4n) is 4.41. The molecule has 1 aromatic carbocycles. The van der Waals surface area contributed by atoms with Gasteiger partial charge in [-0.15, -0.1) is 0 Å². The maximum atomic E-state index is 11.6. The highest BCUT2D eigenvalue weighted by Gasteiger charge is 2.23. The molecule has 2 aliphatic heterocycles. The predicted octanol–water partition coefficient (Wildman–Crippen LogP) is 4.24. The van der Waals surface area contributed by atoms with Gasteiger partial charge in [0.05, 0.1) is 10.5 Å². The number of benzene rings is 1. The van der Waals surface area contributed by atoms with Gasteiger partial charge in [0.1, 0.15) is 18.7 Å². The third-order valence-electron chi connectivity index (χ3n) is 6.28. The lowest BCUT2D eigenvalue weighted by atomic mass is 9.93. The van der Waals surface area contributed by atoms with Gasteiger partial charge >= 0.3 is 0 Å². The van der Waals surface area contributed by atoms with E-state index in [2.05, 4.69) is 9.55 Å². The molecule has 0 bridgehead atoms. The molecule has 0 radical (unpaired) electrons. The molecule has 0 spiro atoms. The topological polar surface area (TPSA) is 95.5 Å². The van der Waals surface area contributed by atoms with Crippen LogP contribution < -0.4 is 15.2 Å². The molecule has 33 heavy (non-hydrogen) atoms. The summed E-state index contributed by atoms with van der Waals surface area (Å²) in [5, 5.41) is 1.40. The summed E-state index contributed by atoms with van der Waals surface area (Å²) >= 11 is 8.06. The minimum absolute atomic E-state index is 0.159. The predicted molar refractivity (Wildman–Crippen MR) is 128 cm³/mol. The van der Waals surface area contributed by atoms with Crippen molar-refractivity contribution in [2.45, 2.75) is 42.8 Å². The first-order valence-corrected chi connectivity index (χ1v) is 12.3. The highest BCUT2D eigenvalue weighted by atomic mass is 35.5. The van der Waals surface area contributed by atoms with Gasteiger partial charge in [0.15, 0.2) is 22.5 Å². The molecule has 0 saturated carbocycles. The number of hydrogen-bond acceptors (Lipinski definition) is 7. The number of hydrogen-bond donors (Lipinski definition) is 1. The zero-order chi connectivity index (χ0) is 22.9. The van der Waals surface area contributed by atoms with Crippen molar-refractivity contribution in [3.05, 3.63) is 29.4 Å². The number of nitrogen functional groups attached to an aromatic ring is 1. The number of aryl methyl sites for hydroxylation is 1. The SMILES string of the molecule is CC(=O)N1CCC(CCn2c(Sc3cc4c(cc3Cl)OCCO4)nc3c(N)nccc32)CC1. The van der Waals surface area contributed by atoms with Crippen LogP contribution in [0.15, 0.2) is 34.4 Å². The minimum Gasteiger partial charge on any atom is -0.486 e. The van der Waals surface area contributed by atoms with Crippen molar-refractivity contribution in [2.24, 2.45) is 5.92 Å². The standard InChI is InChI=1S/C23H26ClN5O3S/c1-14(30)28-7-3-15(4-8-28)5-9-29-17-2-6-26-22(25)21(17)27-23(29)33-20-13-19-18(12-16(20)24)31-10-11-32-19/h2,6,12-13,15H,3-5,7-11H2,1H3,(H2,25,26). The Kier molecular flexibility index (Phi) is 6.25. The number of aromatic nitrogens is 3. The molecule has 3 aromatic rings. The summed E-state index contributed by atoms with van der Waals surface area (Å²) in [7, 11) is 0. The van der Waals surface area contributed by atoms with Gasteiger partial charge < -0.3 is 24.7 Å². The van der Waals surface area contributed by atoms with Crippen LogP contribution in [0.3, 0.4) is 0 Å². The van der Waals surface area contributed by atoms with Crippen LogP contribution >= 0.6 is 23.4 Å². The zero-order valence-corrected chi connectivity index (χ0v) is 20.0. The van der Waals surface area contributed by atoms with Gasteiger partial charge in [-0.3, -0.25) is 4.79 Å². The van der Waals surface area contributed by atoms with Gasteiger partial charge in [-0.1, -0.05) is 11.6 Å². The number of carbonyl (C=O) groups is 1. The maximum Gasteiger partial charge on any atom is 0.219 e. The maximum absolute atomic E-state index is 11.6. The molecule has 5 rings (SSSR count). The van der Waals surface area contributed by atoms with Crippen LogP contribution in [0.5, 0.6) is 11.5 Å². The molecule has 2 aromatic heterocycles. The van der Waals surface area contributed by atoms with Gasteiger partial charge in [-0.05, 0) is 49.1 Å². The van der Waals surface area contributed by atoms with Crippen LogP contribution in [0.1, 0.15) is 26.2 Å². The highest BCUT2D eigenvalue weighted by Crippen LogP contribution is 2.42. The fraction of sp³-hybridized carbons (Fsp3) is 0.435. The van der Waals surface area contributed by atoms with Gasteiger partial charge in [0, 0.05) is 43.7 Å². The molecule has 2 N–H and O–H groups in total. The molecular weight excluding hydrogens is 462 g/mol. The van der Waals surface area contributed by atoms with Crippen LogP contribution in [0.4, 0.5) is 5.82 Å². The molecule has 1 fully saturated rings. The summed E-state index contributed by atoms with van der Waals surface area (Å²) in [6.45, 7) is 5.13. The van der Waals surface area contributed by atoms with Crippen molar-refractivity contribution in [3.63, 3.8) is 0 Å². The van der Waals surface area contributed by atoms with Crippen LogP contribution in [0.2, 0.25) is 5.02 Å². The summed E-state index contributed by atoms with van der Waals surface area (Å²) in [6, 6.07) is 5.65. The first-order valence-electron chi connectivity index (χ1n) is 11.1. The van der Waals surface area contributed by atoms with Crippen molar-refractivity contribution >= 4 is 46.1 Å². The van der Waals surface area contributed by atoms with E-state index in [1.54, 1.807) is 19.2 Å². The second kappa shape index (κ2) is 9.30. The highest BCUT2D eigenvalue weighted by molar-refractivity contribution is 7.99. The quantitative estimate of drug-likeness (QED) is 0.575. The summed E-state index contributed by atoms with van der Waals surface area (Å²) in [5.41, 5.74) is 7.79. The number of rotatable bonds is 5. The monoisotopic (exact) mass is 487 g/mol. The molecule has 0 atom stereocenters.